The van der Waals surface area contributed by atoms with E-state index in [4.69, 9.17) is 9.84 Å². The van der Waals surface area contributed by atoms with Gasteiger partial charge in [-0.3, -0.25) is 9.59 Å². The van der Waals surface area contributed by atoms with Gasteiger partial charge in [0.2, 0.25) is 5.91 Å². The maximum atomic E-state index is 12.4. The van der Waals surface area contributed by atoms with Gasteiger partial charge in [0.15, 0.2) is 0 Å². The molecule has 0 saturated carbocycles. The maximum absolute atomic E-state index is 12.4. The second-order valence-corrected chi connectivity index (χ2v) is 7.80. The summed E-state index contributed by atoms with van der Waals surface area (Å²) in [6.07, 6.45) is -0.516. The van der Waals surface area contributed by atoms with Gasteiger partial charge in [-0.25, -0.2) is 4.79 Å². The molecule has 0 saturated heterocycles. The van der Waals surface area contributed by atoms with Crippen molar-refractivity contribution in [3.63, 3.8) is 0 Å². The second kappa shape index (κ2) is 9.99. The first-order valence-electron chi connectivity index (χ1n) is 10.7. The van der Waals surface area contributed by atoms with Crippen LogP contribution >= 0.6 is 0 Å². The molecule has 1 aliphatic carbocycles. The van der Waals surface area contributed by atoms with Gasteiger partial charge in [0.05, 0.1) is 6.42 Å². The van der Waals surface area contributed by atoms with Crippen molar-refractivity contribution in [1.82, 2.24) is 10.6 Å². The lowest BCUT2D eigenvalue weighted by molar-refractivity contribution is -0.137. The Morgan fingerprint density at radius 2 is 1.36 bits per heavy atom. The summed E-state index contributed by atoms with van der Waals surface area (Å²) >= 11 is 0. The molecule has 7 heteroatoms. The molecule has 0 unspecified atom stereocenters. The summed E-state index contributed by atoms with van der Waals surface area (Å²) in [5, 5.41) is 13.8. The number of carboxylic acid groups (broad SMARTS) is 1. The Bertz CT molecular complexity index is 1150. The number of aliphatic carboxylic acids is 1. The van der Waals surface area contributed by atoms with Gasteiger partial charge in [0.1, 0.15) is 13.2 Å². The summed E-state index contributed by atoms with van der Waals surface area (Å²) in [6, 6.07) is 23.5. The quantitative estimate of drug-likeness (QED) is 0.494. The average Bonchev–Trinajstić information content (AvgIpc) is 3.14. The molecule has 2 amide bonds. The highest BCUT2D eigenvalue weighted by Crippen LogP contribution is 2.44. The molecule has 4 rings (SSSR count). The maximum Gasteiger partial charge on any atom is 0.407 e. The molecule has 1 aliphatic rings. The number of hydrogen-bond acceptors (Lipinski definition) is 4. The normalized spacial score (nSPS) is 11.9. The minimum Gasteiger partial charge on any atom is -0.480 e. The molecule has 7 nitrogen and oxygen atoms in total. The van der Waals surface area contributed by atoms with Crippen LogP contribution < -0.4 is 10.6 Å². The Morgan fingerprint density at radius 1 is 0.788 bits per heavy atom. The zero-order valence-corrected chi connectivity index (χ0v) is 17.9. The minimum absolute atomic E-state index is 0.0200. The molecule has 0 bridgehead atoms. The van der Waals surface area contributed by atoms with Crippen LogP contribution in [-0.2, 0) is 27.3 Å². The van der Waals surface area contributed by atoms with E-state index in [1.54, 1.807) is 12.1 Å². The van der Waals surface area contributed by atoms with Crippen molar-refractivity contribution < 1.29 is 24.2 Å². The van der Waals surface area contributed by atoms with Gasteiger partial charge in [-0.2, -0.15) is 0 Å². The molecule has 0 aromatic heterocycles. The Hall–Kier alpha value is -4.13. The van der Waals surface area contributed by atoms with Gasteiger partial charge in [0, 0.05) is 12.5 Å². The highest BCUT2D eigenvalue weighted by Gasteiger charge is 2.29. The standard InChI is InChI=1S/C26H24N2O5/c29-24(27-15-25(30)31)13-17-7-1-2-8-18(17)14-28-26(32)33-16-23-21-11-5-3-9-19(21)20-10-4-6-12-22(20)23/h1-12,23H,13-16H2,(H,27,29)(H,28,32)(H,30,31). The highest BCUT2D eigenvalue weighted by atomic mass is 16.5. The summed E-state index contributed by atoms with van der Waals surface area (Å²) in [7, 11) is 0. The lowest BCUT2D eigenvalue weighted by Gasteiger charge is -2.15. The van der Waals surface area contributed by atoms with Crippen molar-refractivity contribution in [2.75, 3.05) is 13.2 Å². The summed E-state index contributed by atoms with van der Waals surface area (Å²) in [4.78, 5) is 35.0. The number of benzene rings is 3. The second-order valence-electron chi connectivity index (χ2n) is 7.80. The number of hydrogen-bond donors (Lipinski definition) is 3. The van der Waals surface area contributed by atoms with Crippen LogP contribution in [0.1, 0.15) is 28.2 Å². The third-order valence-electron chi connectivity index (χ3n) is 5.67. The smallest absolute Gasteiger partial charge is 0.407 e. The van der Waals surface area contributed by atoms with Crippen LogP contribution in [0.15, 0.2) is 72.8 Å². The first-order valence-corrected chi connectivity index (χ1v) is 10.7. The highest BCUT2D eigenvalue weighted by molar-refractivity contribution is 5.83. The Morgan fingerprint density at radius 3 is 2.00 bits per heavy atom. The number of nitrogens with one attached hydrogen (secondary N) is 2. The predicted molar refractivity (Wildman–Crippen MR) is 123 cm³/mol. The van der Waals surface area contributed by atoms with Gasteiger partial charge in [-0.05, 0) is 33.4 Å². The van der Waals surface area contributed by atoms with E-state index in [-0.39, 0.29) is 25.5 Å². The van der Waals surface area contributed by atoms with E-state index >= 15 is 0 Å². The SMILES string of the molecule is O=C(O)CNC(=O)Cc1ccccc1CNC(=O)OCC1c2ccccc2-c2ccccc21. The van der Waals surface area contributed by atoms with Crippen molar-refractivity contribution in [3.05, 3.63) is 95.1 Å². The van der Waals surface area contributed by atoms with Crippen LogP contribution in [-0.4, -0.2) is 36.2 Å². The Balaban J connectivity index is 1.35. The number of amides is 2. The number of carboxylic acids is 1. The minimum atomic E-state index is -1.10. The summed E-state index contributed by atoms with van der Waals surface area (Å²) in [5.41, 5.74) is 6.08. The van der Waals surface area contributed by atoms with Crippen molar-refractivity contribution in [2.24, 2.45) is 0 Å². The molecule has 0 spiro atoms. The van der Waals surface area contributed by atoms with Gasteiger partial charge >= 0.3 is 12.1 Å². The van der Waals surface area contributed by atoms with Crippen LogP contribution in [0.25, 0.3) is 11.1 Å². The molecular formula is C26H24N2O5. The van der Waals surface area contributed by atoms with Gasteiger partial charge < -0.3 is 20.5 Å². The van der Waals surface area contributed by atoms with E-state index in [1.165, 1.54) is 0 Å². The zero-order chi connectivity index (χ0) is 23.2. The predicted octanol–water partition coefficient (Wildman–Crippen LogP) is 3.47. The molecule has 3 aromatic carbocycles. The molecule has 33 heavy (non-hydrogen) atoms. The zero-order valence-electron chi connectivity index (χ0n) is 17.9. The molecule has 0 fully saturated rings. The largest absolute Gasteiger partial charge is 0.480 e. The van der Waals surface area contributed by atoms with Gasteiger partial charge in [0.25, 0.3) is 0 Å². The molecule has 3 N–H and O–H groups in total. The number of alkyl carbamates (subject to hydrolysis) is 1. The van der Waals surface area contributed by atoms with Crippen LogP contribution in [0.5, 0.6) is 0 Å². The summed E-state index contributed by atoms with van der Waals surface area (Å²) < 4.78 is 5.55. The van der Waals surface area contributed by atoms with E-state index in [9.17, 15) is 14.4 Å². The molecule has 0 atom stereocenters. The average molecular weight is 444 g/mol. The monoisotopic (exact) mass is 444 g/mol. The molecule has 0 aliphatic heterocycles. The fraction of sp³-hybridized carbons (Fsp3) is 0.192. The van der Waals surface area contributed by atoms with E-state index in [0.717, 1.165) is 27.8 Å². The van der Waals surface area contributed by atoms with Crippen molar-refractivity contribution in [3.8, 4) is 11.1 Å². The fourth-order valence-electron chi connectivity index (χ4n) is 4.13. The van der Waals surface area contributed by atoms with E-state index < -0.39 is 24.5 Å². The number of carbonyl (C=O) groups excluding carboxylic acids is 2. The molecule has 168 valence electrons. The van der Waals surface area contributed by atoms with Crippen molar-refractivity contribution in [1.29, 1.82) is 0 Å². The summed E-state index contributed by atoms with van der Waals surface area (Å²) in [5.74, 6) is -1.52. The first kappa shape index (κ1) is 22.1. The number of ether oxygens (including phenoxy) is 1. The van der Waals surface area contributed by atoms with Gasteiger partial charge in [-0.1, -0.05) is 72.8 Å². The third-order valence-corrected chi connectivity index (χ3v) is 5.67. The van der Waals surface area contributed by atoms with E-state index in [2.05, 4.69) is 34.9 Å². The van der Waals surface area contributed by atoms with Crippen LogP contribution in [0.2, 0.25) is 0 Å². The van der Waals surface area contributed by atoms with Crippen LogP contribution in [0, 0.1) is 0 Å². The van der Waals surface area contributed by atoms with Gasteiger partial charge in [-0.15, -0.1) is 0 Å². The van der Waals surface area contributed by atoms with Crippen molar-refractivity contribution in [2.45, 2.75) is 18.9 Å². The topological polar surface area (TPSA) is 105 Å². The Labute approximate surface area is 191 Å². The van der Waals surface area contributed by atoms with Crippen molar-refractivity contribution >= 4 is 18.0 Å². The van der Waals surface area contributed by atoms with E-state index in [1.807, 2.05) is 36.4 Å². The molecular weight excluding hydrogens is 420 g/mol. The summed E-state index contributed by atoms with van der Waals surface area (Å²) in [6.45, 7) is -0.0167. The number of carbonyl (C=O) groups is 3. The van der Waals surface area contributed by atoms with Crippen LogP contribution in [0.3, 0.4) is 0 Å². The first-order chi connectivity index (χ1) is 16.0. The van der Waals surface area contributed by atoms with Crippen LogP contribution in [0.4, 0.5) is 4.79 Å². The Kier molecular flexibility index (Phi) is 6.69. The number of fused-ring (bicyclic) bond motifs is 3. The molecule has 0 radical (unpaired) electrons. The van der Waals surface area contributed by atoms with E-state index in [0.29, 0.717) is 5.56 Å². The molecule has 0 heterocycles. The fourth-order valence-corrected chi connectivity index (χ4v) is 4.13. The third kappa shape index (κ3) is 5.20. The molecule has 3 aromatic rings. The number of rotatable bonds is 8. The lowest BCUT2D eigenvalue weighted by atomic mass is 9.98. The lowest BCUT2D eigenvalue weighted by Crippen LogP contribution is -2.31.